The van der Waals surface area contributed by atoms with Crippen molar-refractivity contribution in [2.45, 2.75) is 216 Å². The molecule has 0 aromatic rings. The van der Waals surface area contributed by atoms with E-state index in [4.69, 9.17) is 58.0 Å². The number of nitrogens with one attached hydrogen (secondary N) is 5. The van der Waals surface area contributed by atoms with Crippen molar-refractivity contribution < 1.29 is 81.2 Å². The van der Waals surface area contributed by atoms with Gasteiger partial charge >= 0.3 is 534 Å². The molecule has 23 nitrogen and oxygen atoms in total. The normalized spacial score (nSPS) is 40.4. The summed E-state index contributed by atoms with van der Waals surface area (Å²) >= 11 is 15.9. The summed E-state index contributed by atoms with van der Waals surface area (Å²) in [7, 11) is -2.00. The van der Waals surface area contributed by atoms with Gasteiger partial charge in [0.1, 0.15) is 10.8 Å². The van der Waals surface area contributed by atoms with Crippen LogP contribution in [0.5, 0.6) is 0 Å². The first-order chi connectivity index (χ1) is 49.8. The molecule has 10 heterocycles. The molecule has 0 saturated carbocycles. The van der Waals surface area contributed by atoms with Crippen molar-refractivity contribution in [3.8, 4) is 0 Å². The number of alkyl halides is 5. The molecular weight excluding hydrogens is 1880 g/mol. The number of hydrogen-bond donors (Lipinski definition) is 10. The number of aliphatic hydroxyl groups is 5. The van der Waals surface area contributed by atoms with Crippen molar-refractivity contribution in [1.29, 1.82) is 0 Å². The molecule has 0 bridgehead atoms. The van der Waals surface area contributed by atoms with Crippen LogP contribution in [0.2, 0.25) is 14.7 Å². The molecule has 15 rings (SSSR count). The van der Waals surface area contributed by atoms with Crippen molar-refractivity contribution in [1.82, 2.24) is 26.6 Å². The number of β-lactam (4-membered cyclic amide) rings is 5. The second kappa shape index (κ2) is 34.6. The van der Waals surface area contributed by atoms with Gasteiger partial charge in [0.2, 0.25) is 11.0 Å². The van der Waals surface area contributed by atoms with E-state index in [1.807, 2.05) is 61.6 Å². The van der Waals surface area contributed by atoms with E-state index in [0.29, 0.717) is 43.9 Å². The van der Waals surface area contributed by atoms with Crippen molar-refractivity contribution in [3.05, 3.63) is 79.7 Å². The van der Waals surface area contributed by atoms with Gasteiger partial charge in [0, 0.05) is 11.8 Å². The van der Waals surface area contributed by atoms with Gasteiger partial charge in [-0.3, -0.25) is 13.8 Å². The Balaban J connectivity index is 0.000000130. The Morgan fingerprint density at radius 1 is 0.490 bits per heavy atom. The fourth-order valence-electron chi connectivity index (χ4n) is 18.4. The second-order valence-corrected chi connectivity index (χ2v) is 50.2. The summed E-state index contributed by atoms with van der Waals surface area (Å²) < 4.78 is 59.1. The Morgan fingerprint density at radius 2 is 0.913 bits per heavy atom. The Kier molecular flexibility index (Phi) is 27.6. The van der Waals surface area contributed by atoms with Crippen LogP contribution in [0.25, 0.3) is 0 Å². The van der Waals surface area contributed by atoms with E-state index in [1.54, 1.807) is 4.12 Å². The molecule has 25 atom stereocenters. The first-order valence-electron chi connectivity index (χ1n) is 36.0. The maximum absolute atomic E-state index is 13.0. The van der Waals surface area contributed by atoms with Crippen molar-refractivity contribution >= 4 is 184 Å². The van der Waals surface area contributed by atoms with Crippen LogP contribution in [0.1, 0.15) is 135 Å². The fraction of sp³-hybridized carbons (Fsp3) is 0.690. The van der Waals surface area contributed by atoms with Gasteiger partial charge < -0.3 is 10.4 Å². The summed E-state index contributed by atoms with van der Waals surface area (Å²) in [6.45, 7) is 1.85. The summed E-state index contributed by atoms with van der Waals surface area (Å²) in [6, 6.07) is -2.07. The predicted molar refractivity (Wildman–Crippen MR) is 392 cm³/mol. The van der Waals surface area contributed by atoms with Gasteiger partial charge in [-0.1, -0.05) is 12.2 Å². The topological polar surface area (TPSA) is 383 Å². The first-order valence-corrected chi connectivity index (χ1v) is 52.3. The second-order valence-electron chi connectivity index (χ2n) is 29.2. The van der Waals surface area contributed by atoms with Gasteiger partial charge in [-0.2, -0.15) is 0 Å². The molecule has 104 heavy (non-hydrogen) atoms. The van der Waals surface area contributed by atoms with Gasteiger partial charge in [0.05, 0.1) is 18.1 Å². The summed E-state index contributed by atoms with van der Waals surface area (Å²) in [6.07, 6.45) is 31.0. The van der Waals surface area contributed by atoms with Gasteiger partial charge in [-0.25, -0.2) is 0 Å². The van der Waals surface area contributed by atoms with Crippen LogP contribution >= 0.6 is 58.0 Å². The third-order valence-corrected chi connectivity index (χ3v) is 48.0. The summed E-state index contributed by atoms with van der Waals surface area (Å²) in [5.74, 6) is -2.34. The molecule has 0 aromatic heterocycles. The molecule has 33 heteroatoms. The number of carbonyl (C=O) groups is 8. The molecule has 15 aliphatic rings. The van der Waals surface area contributed by atoms with Crippen molar-refractivity contribution in [2.75, 3.05) is 29.4 Å². The van der Waals surface area contributed by atoms with Gasteiger partial charge in [-0.15, -0.1) is 11.6 Å². The molecular formula is C71H92Cl5N5O18SSeTe3. The van der Waals surface area contributed by atoms with Crippen LogP contribution in [0.3, 0.4) is 0 Å². The molecule has 5 unspecified atom stereocenters. The Morgan fingerprint density at radius 3 is 1.36 bits per heavy atom. The zero-order valence-electron chi connectivity index (χ0n) is 57.4. The molecule has 5 amide bonds. The van der Waals surface area contributed by atoms with Crippen LogP contribution in [-0.4, -0.2) is 240 Å². The van der Waals surface area contributed by atoms with E-state index in [2.05, 4.69) is 32.7 Å². The number of allylic oxidation sites excluding steroid dienone is 6. The minimum atomic E-state index is -3.62. The van der Waals surface area contributed by atoms with E-state index < -0.39 is 192 Å². The van der Waals surface area contributed by atoms with Crippen LogP contribution in [0, 0.1) is 47.3 Å². The molecule has 0 radical (unpaired) electrons. The molecule has 0 spiro atoms. The summed E-state index contributed by atoms with van der Waals surface area (Å²) in [5, 5.41) is 67.1. The maximum atomic E-state index is 13.0. The predicted octanol–water partition coefficient (Wildman–Crippen LogP) is 5.27. The van der Waals surface area contributed by atoms with Crippen LogP contribution < -0.4 is 26.6 Å². The Labute approximate surface area is 657 Å². The molecule has 5 aliphatic carbocycles. The van der Waals surface area contributed by atoms with Crippen molar-refractivity contribution in [3.63, 3.8) is 0 Å². The number of aliphatic hydroxyl groups excluding tert-OH is 5. The Bertz CT molecular complexity index is 3570. The van der Waals surface area contributed by atoms with E-state index in [1.165, 1.54) is 0 Å². The number of rotatable bonds is 20. The number of fused-ring (bicyclic) bond motifs is 5. The third kappa shape index (κ3) is 13.6. The van der Waals surface area contributed by atoms with Gasteiger partial charge in [0.25, 0.3) is 0 Å². The number of carbonyl (C=O) groups excluding carboxylic acids is 8. The standard InChI is InChI=1S/C15H20ClNO3Te.C14H18ClNO4S.C14H18ClNO4Se.C14H18ClNO4Te.C14H18ClNO3Te/c1-9-11(7-8-16)12-15(21(9)20,14(19)17-12)13(18)10-5-3-2-4-6-10;3*15-7-6-9-10-14(13(19)16-10,21(20)12(9)18)11(17)8-4-2-1-3-5-8;15-7-6-10-8-20(19)14(11(10)16-13(14)18)12(17)9-4-2-1-3-5-9/h3,5,10,12-13,18H,2,4,6-8H2,1H3,(H,17,19);3*2,4,8-11,17H,1,3,5-7H2,(H,16,19);2,4,8-9,11-12,17H,1,3,5-7H2,(H,16,18)/t10-,12+,13+,15+;2*8-,9?,10+,11+,14+,21?;8-,9?,10+,11+,14+;9-,11+,12+,14+/m11111/s1. The molecule has 8 saturated heterocycles. The molecule has 0 aromatic carbocycles. The molecule has 574 valence electrons. The fourth-order valence-corrected chi connectivity index (χ4v) is 41.9. The third-order valence-electron chi connectivity index (χ3n) is 24.1. The summed E-state index contributed by atoms with van der Waals surface area (Å²) in [5.41, 5.74) is 1.94. The number of amides is 5. The first kappa shape index (κ1) is 83.0. The average molecular weight is 1970 g/mol. The monoisotopic (exact) mass is 1980 g/mol. The van der Waals surface area contributed by atoms with E-state index in [9.17, 15) is 81.2 Å². The van der Waals surface area contributed by atoms with E-state index in [0.717, 1.165) is 111 Å². The number of halogens is 5. The van der Waals surface area contributed by atoms with Gasteiger partial charge in [0.15, 0.2) is 4.75 Å². The van der Waals surface area contributed by atoms with E-state index in [-0.39, 0.29) is 79.6 Å². The van der Waals surface area contributed by atoms with Crippen LogP contribution in [-0.2, 0) is 62.3 Å². The quantitative estimate of drug-likeness (QED) is 0.0321. The zero-order valence-corrected chi connectivity index (χ0v) is 70.7. The van der Waals surface area contributed by atoms with Crippen molar-refractivity contribution in [2.24, 2.45) is 47.3 Å². The van der Waals surface area contributed by atoms with Crippen LogP contribution in [0.4, 0.5) is 0 Å². The van der Waals surface area contributed by atoms with Gasteiger partial charge in [-0.05, 0) is 25.7 Å². The Hall–Kier alpha value is -1.97. The molecule has 8 fully saturated rings. The summed E-state index contributed by atoms with van der Waals surface area (Å²) in [4.78, 5) is 97.7. The van der Waals surface area contributed by atoms with Crippen LogP contribution in [0.15, 0.2) is 79.7 Å². The zero-order chi connectivity index (χ0) is 75.1. The SMILES string of the molecule is CC1=C(CCCl)[C@@H]2NC(=O)[C@]2([C@@H](O)[C@@H]2C=CCCC2)[Te]1=O.O=C1C(CCCl)[C@@H]2NC(=O)[C@]2([C@@H](O)[C@@H]2C=CCCC2)S1=O.O=C1C(CCCl)[C@@H]2NC(=O)[C@]2([C@@H](O)[C@@H]2C=CCCC2)[Se]1=O.O=C1C(CCCl)[C@@H]2NC(=O)[C@]2([C@@H](O)[C@@H]2C=CCCC2)[Te]1=O.O=C1N[C@H]2C(CCCl)=C[Te](=O)[C@@]12[C@@H](O)[C@@H]1C=CCCC1. The molecule has 10 aliphatic heterocycles. The number of hydrogen-bond acceptors (Lipinski definition) is 18. The minimum absolute atomic E-state index is 0.0570. The average Bonchev–Trinajstić information content (AvgIpc) is 1.60. The van der Waals surface area contributed by atoms with E-state index >= 15 is 0 Å². The molecule has 10 N–H and O–H groups in total.